The van der Waals surface area contributed by atoms with Gasteiger partial charge in [0.25, 0.3) is 5.69 Å². The molecule has 0 aromatic heterocycles. The topological polar surface area (TPSA) is 75.8 Å². The summed E-state index contributed by atoms with van der Waals surface area (Å²) in [6.45, 7) is 2.26. The number of nitrogens with zero attached hydrogens (tertiary/aromatic N) is 2. The fourth-order valence-corrected chi connectivity index (χ4v) is 2.24. The van der Waals surface area contributed by atoms with Gasteiger partial charge in [-0.15, -0.1) is 0 Å². The van der Waals surface area contributed by atoms with Crippen LogP contribution in [0.25, 0.3) is 0 Å². The largest absolute Gasteiger partial charge is 0.395 e. The van der Waals surface area contributed by atoms with Gasteiger partial charge in [0.15, 0.2) is 0 Å². The first-order chi connectivity index (χ1) is 9.10. The first kappa shape index (κ1) is 16.0. The molecule has 1 aromatic rings. The first-order valence-corrected chi connectivity index (χ1v) is 6.63. The quantitative estimate of drug-likeness (QED) is 0.580. The standard InChI is InChI=1S/C12H17BrN2O4/c1-19-8-6-14(5-7-16)9-10-3-2-4-11(12(10)13)15(17)18/h2-4,16H,5-9H2,1H3. The number of halogens is 1. The highest BCUT2D eigenvalue weighted by molar-refractivity contribution is 9.10. The van der Waals surface area contributed by atoms with Gasteiger partial charge in [-0.25, -0.2) is 0 Å². The molecule has 0 aliphatic heterocycles. The van der Waals surface area contributed by atoms with Crippen molar-refractivity contribution in [3.63, 3.8) is 0 Å². The Balaban J connectivity index is 2.83. The second kappa shape index (κ2) is 8.21. The van der Waals surface area contributed by atoms with Crippen molar-refractivity contribution < 1.29 is 14.8 Å². The minimum absolute atomic E-state index is 0.0380. The SMILES string of the molecule is COCCN(CCO)Cc1cccc([N+](=O)[O-])c1Br. The minimum Gasteiger partial charge on any atom is -0.395 e. The lowest BCUT2D eigenvalue weighted by Gasteiger charge is -2.21. The van der Waals surface area contributed by atoms with E-state index in [0.717, 1.165) is 5.56 Å². The number of aliphatic hydroxyl groups is 1. The number of rotatable bonds is 8. The molecule has 106 valence electrons. The molecule has 0 bridgehead atoms. The molecular weight excluding hydrogens is 316 g/mol. The second-order valence-corrected chi connectivity index (χ2v) is 4.79. The Labute approximate surface area is 120 Å². The summed E-state index contributed by atoms with van der Waals surface area (Å²) < 4.78 is 5.49. The van der Waals surface area contributed by atoms with E-state index in [1.165, 1.54) is 6.07 Å². The molecule has 0 atom stereocenters. The van der Waals surface area contributed by atoms with E-state index < -0.39 is 4.92 Å². The van der Waals surface area contributed by atoms with Crippen LogP contribution in [0.15, 0.2) is 22.7 Å². The van der Waals surface area contributed by atoms with E-state index in [9.17, 15) is 10.1 Å². The van der Waals surface area contributed by atoms with Crippen LogP contribution >= 0.6 is 15.9 Å². The van der Waals surface area contributed by atoms with Gasteiger partial charge in [0.1, 0.15) is 0 Å². The van der Waals surface area contributed by atoms with E-state index in [1.807, 2.05) is 11.0 Å². The highest BCUT2D eigenvalue weighted by Crippen LogP contribution is 2.29. The van der Waals surface area contributed by atoms with E-state index in [1.54, 1.807) is 13.2 Å². The maximum Gasteiger partial charge on any atom is 0.283 e. The molecule has 1 aromatic carbocycles. The monoisotopic (exact) mass is 332 g/mol. The van der Waals surface area contributed by atoms with Gasteiger partial charge in [-0.1, -0.05) is 12.1 Å². The van der Waals surface area contributed by atoms with Gasteiger partial charge in [-0.05, 0) is 21.5 Å². The maximum atomic E-state index is 10.9. The van der Waals surface area contributed by atoms with E-state index in [0.29, 0.717) is 30.7 Å². The Morgan fingerprint density at radius 2 is 2.21 bits per heavy atom. The van der Waals surface area contributed by atoms with Crippen LogP contribution in [0.4, 0.5) is 5.69 Å². The van der Waals surface area contributed by atoms with Crippen LogP contribution in [0.2, 0.25) is 0 Å². The molecule has 7 heteroatoms. The molecule has 0 saturated carbocycles. The van der Waals surface area contributed by atoms with Crippen molar-refractivity contribution in [1.82, 2.24) is 4.90 Å². The van der Waals surface area contributed by atoms with Crippen molar-refractivity contribution in [1.29, 1.82) is 0 Å². The summed E-state index contributed by atoms with van der Waals surface area (Å²) in [6, 6.07) is 4.94. The fraction of sp³-hybridized carbons (Fsp3) is 0.500. The number of ether oxygens (including phenoxy) is 1. The van der Waals surface area contributed by atoms with Crippen molar-refractivity contribution in [2.45, 2.75) is 6.54 Å². The minimum atomic E-state index is -0.418. The van der Waals surface area contributed by atoms with Crippen LogP contribution in [-0.4, -0.2) is 48.3 Å². The zero-order chi connectivity index (χ0) is 14.3. The van der Waals surface area contributed by atoms with Crippen molar-refractivity contribution in [3.05, 3.63) is 38.3 Å². The number of benzene rings is 1. The van der Waals surface area contributed by atoms with Crippen molar-refractivity contribution >= 4 is 21.6 Å². The maximum absolute atomic E-state index is 10.9. The van der Waals surface area contributed by atoms with E-state index in [-0.39, 0.29) is 12.3 Å². The third-order valence-electron chi connectivity index (χ3n) is 2.68. The molecule has 0 heterocycles. The third kappa shape index (κ3) is 4.87. The lowest BCUT2D eigenvalue weighted by atomic mass is 10.2. The number of aliphatic hydroxyl groups excluding tert-OH is 1. The third-order valence-corrected chi connectivity index (χ3v) is 3.59. The number of hydrogen-bond acceptors (Lipinski definition) is 5. The fourth-order valence-electron chi connectivity index (χ4n) is 1.70. The van der Waals surface area contributed by atoms with Crippen LogP contribution < -0.4 is 0 Å². The molecule has 0 aliphatic carbocycles. The number of hydrogen-bond donors (Lipinski definition) is 1. The number of nitro groups is 1. The Morgan fingerprint density at radius 3 is 2.79 bits per heavy atom. The second-order valence-electron chi connectivity index (χ2n) is 4.00. The van der Waals surface area contributed by atoms with Gasteiger partial charge in [-0.3, -0.25) is 15.0 Å². The van der Waals surface area contributed by atoms with Crippen LogP contribution in [0.3, 0.4) is 0 Å². The highest BCUT2D eigenvalue weighted by Gasteiger charge is 2.16. The summed E-state index contributed by atoms with van der Waals surface area (Å²) in [5.41, 5.74) is 0.868. The van der Waals surface area contributed by atoms with Crippen molar-refractivity contribution in [2.75, 3.05) is 33.4 Å². The summed E-state index contributed by atoms with van der Waals surface area (Å²) in [6.07, 6.45) is 0. The Morgan fingerprint density at radius 1 is 1.47 bits per heavy atom. The van der Waals surface area contributed by atoms with Crippen LogP contribution in [0.1, 0.15) is 5.56 Å². The summed E-state index contributed by atoms with van der Waals surface area (Å²) in [7, 11) is 1.61. The van der Waals surface area contributed by atoms with Crippen LogP contribution in [0.5, 0.6) is 0 Å². The number of nitro benzene ring substituents is 1. The average Bonchev–Trinajstić information content (AvgIpc) is 2.38. The van der Waals surface area contributed by atoms with Gasteiger partial charge in [0, 0.05) is 32.8 Å². The molecule has 1 N–H and O–H groups in total. The molecule has 1 rings (SSSR count). The van der Waals surface area contributed by atoms with Crippen LogP contribution in [0, 0.1) is 10.1 Å². The molecule has 0 saturated heterocycles. The van der Waals surface area contributed by atoms with E-state index in [2.05, 4.69) is 15.9 Å². The van der Waals surface area contributed by atoms with Crippen molar-refractivity contribution in [3.8, 4) is 0 Å². The zero-order valence-corrected chi connectivity index (χ0v) is 12.3. The average molecular weight is 333 g/mol. The summed E-state index contributed by atoms with van der Waals surface area (Å²) in [5.74, 6) is 0. The Kier molecular flexibility index (Phi) is 6.93. The lowest BCUT2D eigenvalue weighted by Crippen LogP contribution is -2.30. The molecule has 0 aliphatic rings. The summed E-state index contributed by atoms with van der Waals surface area (Å²) in [5, 5.41) is 19.9. The zero-order valence-electron chi connectivity index (χ0n) is 10.7. The van der Waals surface area contributed by atoms with Gasteiger partial charge in [-0.2, -0.15) is 0 Å². The summed E-state index contributed by atoms with van der Waals surface area (Å²) in [4.78, 5) is 12.4. The predicted molar refractivity (Wildman–Crippen MR) is 75.0 cm³/mol. The van der Waals surface area contributed by atoms with E-state index >= 15 is 0 Å². The smallest absolute Gasteiger partial charge is 0.283 e. The predicted octanol–water partition coefficient (Wildman–Crippen LogP) is 1.80. The van der Waals surface area contributed by atoms with Crippen LogP contribution in [-0.2, 0) is 11.3 Å². The molecule has 0 fully saturated rings. The molecule has 19 heavy (non-hydrogen) atoms. The number of methoxy groups -OCH3 is 1. The van der Waals surface area contributed by atoms with E-state index in [4.69, 9.17) is 9.84 Å². The summed E-state index contributed by atoms with van der Waals surface area (Å²) >= 11 is 3.27. The normalized spacial score (nSPS) is 10.9. The Hall–Kier alpha value is -1.02. The first-order valence-electron chi connectivity index (χ1n) is 5.84. The molecule has 0 spiro atoms. The van der Waals surface area contributed by atoms with Gasteiger partial charge in [0.2, 0.25) is 0 Å². The van der Waals surface area contributed by atoms with Gasteiger partial charge in [0.05, 0.1) is 22.6 Å². The van der Waals surface area contributed by atoms with Gasteiger partial charge < -0.3 is 9.84 Å². The highest BCUT2D eigenvalue weighted by atomic mass is 79.9. The molecule has 0 radical (unpaired) electrons. The molecular formula is C12H17BrN2O4. The Bertz CT molecular complexity index is 428. The lowest BCUT2D eigenvalue weighted by molar-refractivity contribution is -0.385. The molecule has 6 nitrogen and oxygen atoms in total. The van der Waals surface area contributed by atoms with Crippen molar-refractivity contribution in [2.24, 2.45) is 0 Å². The van der Waals surface area contributed by atoms with Gasteiger partial charge >= 0.3 is 0 Å². The molecule has 0 unspecified atom stereocenters. The molecule has 0 amide bonds.